The highest BCUT2D eigenvalue weighted by Crippen LogP contribution is 2.22. The Morgan fingerprint density at radius 2 is 2.14 bits per heavy atom. The van der Waals surface area contributed by atoms with Crippen LogP contribution in [-0.2, 0) is 4.79 Å². The quantitative estimate of drug-likeness (QED) is 0.513. The van der Waals surface area contributed by atoms with Gasteiger partial charge in [-0.2, -0.15) is 0 Å². The van der Waals surface area contributed by atoms with Gasteiger partial charge in [-0.3, -0.25) is 4.79 Å². The number of aliphatic hydroxyl groups excluding tert-OH is 1. The summed E-state index contributed by atoms with van der Waals surface area (Å²) >= 11 is 0. The predicted molar refractivity (Wildman–Crippen MR) is 79.4 cm³/mol. The third-order valence-corrected chi connectivity index (χ3v) is 3.82. The van der Waals surface area contributed by atoms with E-state index in [1.165, 1.54) is 0 Å². The van der Waals surface area contributed by atoms with Gasteiger partial charge >= 0.3 is 0 Å². The van der Waals surface area contributed by atoms with Crippen LogP contribution in [0.25, 0.3) is 10.4 Å². The molecule has 2 rings (SSSR count). The molecule has 1 amide bonds. The van der Waals surface area contributed by atoms with Gasteiger partial charge in [0.1, 0.15) is 0 Å². The molecule has 2 atom stereocenters. The molecule has 1 aliphatic heterocycles. The van der Waals surface area contributed by atoms with E-state index in [9.17, 15) is 9.90 Å². The molecule has 112 valence electrons. The lowest BCUT2D eigenvalue weighted by molar-refractivity contribution is -0.130. The largest absolute Gasteiger partial charge is 0.393 e. The third kappa shape index (κ3) is 4.48. The highest BCUT2D eigenvalue weighted by atomic mass is 16.3. The number of carbonyl (C=O) groups is 1. The van der Waals surface area contributed by atoms with Crippen LogP contribution >= 0.6 is 0 Å². The second-order valence-corrected chi connectivity index (χ2v) is 5.28. The van der Waals surface area contributed by atoms with Crippen LogP contribution < -0.4 is 0 Å². The normalized spacial score (nSPS) is 20.5. The molecule has 0 aromatic heterocycles. The predicted octanol–water partition coefficient (Wildman–Crippen LogP) is 2.80. The van der Waals surface area contributed by atoms with Crippen molar-refractivity contribution in [2.45, 2.75) is 37.8 Å². The van der Waals surface area contributed by atoms with Gasteiger partial charge in [-0.1, -0.05) is 35.4 Å². The Labute approximate surface area is 124 Å². The van der Waals surface area contributed by atoms with E-state index in [0.29, 0.717) is 38.8 Å². The second kappa shape index (κ2) is 7.67. The third-order valence-electron chi connectivity index (χ3n) is 3.82. The van der Waals surface area contributed by atoms with Crippen LogP contribution in [-0.4, -0.2) is 35.1 Å². The molecule has 1 saturated heterocycles. The zero-order valence-electron chi connectivity index (χ0n) is 11.9. The zero-order valence-corrected chi connectivity index (χ0v) is 11.9. The fourth-order valence-corrected chi connectivity index (χ4v) is 2.57. The van der Waals surface area contributed by atoms with Crippen LogP contribution in [0, 0.1) is 0 Å². The number of aliphatic hydroxyl groups is 1. The molecule has 0 unspecified atom stereocenters. The summed E-state index contributed by atoms with van der Waals surface area (Å²) in [6, 6.07) is 9.31. The minimum atomic E-state index is -0.388. The molecule has 1 aromatic rings. The Morgan fingerprint density at radius 1 is 1.38 bits per heavy atom. The summed E-state index contributed by atoms with van der Waals surface area (Å²) in [7, 11) is 0. The summed E-state index contributed by atoms with van der Waals surface area (Å²) in [4.78, 5) is 16.6. The number of nitrogens with zero attached hydrogens (tertiary/aromatic N) is 4. The molecule has 1 aromatic carbocycles. The van der Waals surface area contributed by atoms with E-state index in [1.54, 1.807) is 4.90 Å². The molecule has 0 bridgehead atoms. The summed E-state index contributed by atoms with van der Waals surface area (Å²) in [6.07, 6.45) is 1.74. The highest BCUT2D eigenvalue weighted by Gasteiger charge is 2.22. The number of likely N-dealkylation sites (tertiary alicyclic amines) is 1. The summed E-state index contributed by atoms with van der Waals surface area (Å²) in [6.45, 7) is 1.11. The maximum Gasteiger partial charge on any atom is 0.222 e. The van der Waals surface area contributed by atoms with Gasteiger partial charge in [0.2, 0.25) is 5.91 Å². The smallest absolute Gasteiger partial charge is 0.222 e. The van der Waals surface area contributed by atoms with Crippen molar-refractivity contribution in [2.24, 2.45) is 5.11 Å². The van der Waals surface area contributed by atoms with Gasteiger partial charge in [0.25, 0.3) is 0 Å². The first-order valence-corrected chi connectivity index (χ1v) is 7.25. The van der Waals surface area contributed by atoms with E-state index >= 15 is 0 Å². The number of carbonyl (C=O) groups excluding carboxylic acids is 1. The monoisotopic (exact) mass is 288 g/mol. The fourth-order valence-electron chi connectivity index (χ4n) is 2.57. The number of amides is 1. The van der Waals surface area contributed by atoms with E-state index in [2.05, 4.69) is 10.0 Å². The SMILES string of the molecule is [N-]=[N+]=N[C@@H](CCN1CC[C@H](O)CCC1=O)c1ccccc1. The maximum absolute atomic E-state index is 12.0. The van der Waals surface area contributed by atoms with Crippen LogP contribution in [0.5, 0.6) is 0 Å². The van der Waals surface area contributed by atoms with Gasteiger partial charge in [-0.25, -0.2) is 0 Å². The number of hydrogen-bond acceptors (Lipinski definition) is 3. The average molecular weight is 288 g/mol. The number of hydrogen-bond donors (Lipinski definition) is 1. The van der Waals surface area contributed by atoms with E-state index < -0.39 is 0 Å². The van der Waals surface area contributed by atoms with Crippen LogP contribution in [0.3, 0.4) is 0 Å². The molecular weight excluding hydrogens is 268 g/mol. The Balaban J connectivity index is 1.98. The van der Waals surface area contributed by atoms with Gasteiger partial charge in [0, 0.05) is 24.4 Å². The van der Waals surface area contributed by atoms with Gasteiger partial charge in [-0.15, -0.1) is 0 Å². The zero-order chi connectivity index (χ0) is 15.1. The minimum absolute atomic E-state index is 0.0688. The highest BCUT2D eigenvalue weighted by molar-refractivity contribution is 5.76. The van der Waals surface area contributed by atoms with Gasteiger partial charge in [-0.05, 0) is 30.4 Å². The van der Waals surface area contributed by atoms with Gasteiger partial charge in [0.15, 0.2) is 0 Å². The van der Waals surface area contributed by atoms with Crippen molar-refractivity contribution in [1.82, 2.24) is 4.90 Å². The molecule has 1 heterocycles. The summed E-state index contributed by atoms with van der Waals surface area (Å²) < 4.78 is 0. The van der Waals surface area contributed by atoms with Crippen molar-refractivity contribution in [1.29, 1.82) is 0 Å². The van der Waals surface area contributed by atoms with Gasteiger partial charge in [0.05, 0.1) is 12.1 Å². The molecule has 1 fully saturated rings. The topological polar surface area (TPSA) is 89.3 Å². The first-order valence-electron chi connectivity index (χ1n) is 7.25. The first kappa shape index (κ1) is 15.4. The van der Waals surface area contributed by atoms with Crippen molar-refractivity contribution in [3.05, 3.63) is 46.3 Å². The van der Waals surface area contributed by atoms with Crippen molar-refractivity contribution < 1.29 is 9.90 Å². The van der Waals surface area contributed by atoms with Crippen LogP contribution in [0.2, 0.25) is 0 Å². The first-order chi connectivity index (χ1) is 10.2. The maximum atomic E-state index is 12.0. The Morgan fingerprint density at radius 3 is 2.86 bits per heavy atom. The standard InChI is InChI=1S/C15H20N4O2/c16-18-17-14(12-4-2-1-3-5-12)9-11-19-10-8-13(20)6-7-15(19)21/h1-5,13-14,20H,6-11H2/t13-,14+/m1/s1. The fraction of sp³-hybridized carbons (Fsp3) is 0.533. The molecule has 6 nitrogen and oxygen atoms in total. The summed E-state index contributed by atoms with van der Waals surface area (Å²) in [5, 5.41) is 13.5. The molecule has 0 radical (unpaired) electrons. The van der Waals surface area contributed by atoms with Crippen molar-refractivity contribution in [3.8, 4) is 0 Å². The lowest BCUT2D eigenvalue weighted by Crippen LogP contribution is -2.32. The van der Waals surface area contributed by atoms with Gasteiger partial charge < -0.3 is 10.0 Å². The van der Waals surface area contributed by atoms with E-state index in [-0.39, 0.29) is 18.1 Å². The Hall–Kier alpha value is -2.04. The van der Waals surface area contributed by atoms with Crippen molar-refractivity contribution >= 4 is 5.91 Å². The van der Waals surface area contributed by atoms with E-state index in [1.807, 2.05) is 30.3 Å². The van der Waals surface area contributed by atoms with E-state index in [0.717, 1.165) is 5.56 Å². The van der Waals surface area contributed by atoms with Crippen LogP contribution in [0.15, 0.2) is 35.4 Å². The Kier molecular flexibility index (Phi) is 5.60. The molecule has 21 heavy (non-hydrogen) atoms. The van der Waals surface area contributed by atoms with Crippen molar-refractivity contribution in [3.63, 3.8) is 0 Å². The summed E-state index contributed by atoms with van der Waals surface area (Å²) in [5.74, 6) is 0.0688. The average Bonchev–Trinajstić information content (AvgIpc) is 2.67. The van der Waals surface area contributed by atoms with Crippen molar-refractivity contribution in [2.75, 3.05) is 13.1 Å². The molecule has 0 spiro atoms. The van der Waals surface area contributed by atoms with Crippen LogP contribution in [0.1, 0.15) is 37.3 Å². The molecule has 1 aliphatic rings. The second-order valence-electron chi connectivity index (χ2n) is 5.28. The molecule has 6 heteroatoms. The molecule has 1 N–H and O–H groups in total. The minimum Gasteiger partial charge on any atom is -0.393 e. The lowest BCUT2D eigenvalue weighted by atomic mass is 10.0. The summed E-state index contributed by atoms with van der Waals surface area (Å²) in [5.41, 5.74) is 9.67. The number of azide groups is 1. The lowest BCUT2D eigenvalue weighted by Gasteiger charge is -2.22. The Bertz CT molecular complexity index is 514. The number of benzene rings is 1. The van der Waals surface area contributed by atoms with Crippen LogP contribution in [0.4, 0.5) is 0 Å². The molecule has 0 saturated carbocycles. The number of rotatable bonds is 5. The van der Waals surface area contributed by atoms with E-state index in [4.69, 9.17) is 5.53 Å². The molecule has 0 aliphatic carbocycles. The molecular formula is C15H20N4O2.